The van der Waals surface area contributed by atoms with Gasteiger partial charge in [0.05, 0.1) is 6.42 Å². The van der Waals surface area contributed by atoms with E-state index in [0.29, 0.717) is 6.42 Å². The third-order valence-electron chi connectivity index (χ3n) is 4.58. The summed E-state index contributed by atoms with van der Waals surface area (Å²) in [5.41, 5.74) is 0. The van der Waals surface area contributed by atoms with Gasteiger partial charge in [0.15, 0.2) is 0 Å². The van der Waals surface area contributed by atoms with Gasteiger partial charge in [0.1, 0.15) is 15.9 Å². The molecular formula is C24H26O2P+. The highest BCUT2D eigenvalue weighted by Gasteiger charge is 2.50. The number of benzene rings is 3. The second kappa shape index (κ2) is 9.48. The maximum atomic E-state index is 12.9. The molecule has 3 aromatic carbocycles. The van der Waals surface area contributed by atoms with E-state index >= 15 is 0 Å². The summed E-state index contributed by atoms with van der Waals surface area (Å²) in [6.07, 6.45) is 3.46. The van der Waals surface area contributed by atoms with Gasteiger partial charge in [0.25, 0.3) is 7.49 Å². The summed E-state index contributed by atoms with van der Waals surface area (Å²) in [5.74, 6) is -0.117. The average molecular weight is 377 g/mol. The summed E-state index contributed by atoms with van der Waals surface area (Å²) >= 11 is 0. The summed E-state index contributed by atoms with van der Waals surface area (Å²) in [4.78, 5) is 12.9. The number of carbonyl (C=O) groups is 1. The van der Waals surface area contributed by atoms with Crippen molar-refractivity contribution in [2.24, 2.45) is 0 Å². The zero-order valence-corrected chi connectivity index (χ0v) is 16.6. The molecule has 0 aliphatic carbocycles. The second-order valence-corrected chi connectivity index (χ2v) is 9.49. The van der Waals surface area contributed by atoms with Gasteiger partial charge in [-0.3, -0.25) is 4.52 Å². The summed E-state index contributed by atoms with van der Waals surface area (Å²) in [6.45, 7) is 2.14. The van der Waals surface area contributed by atoms with Gasteiger partial charge in [-0.2, -0.15) is 0 Å². The Morgan fingerprint density at radius 2 is 1.11 bits per heavy atom. The smallest absolute Gasteiger partial charge is 0.297 e. The van der Waals surface area contributed by atoms with Crippen LogP contribution in [0.4, 0.5) is 0 Å². The largest absolute Gasteiger partial charge is 0.351 e. The molecule has 0 aliphatic rings. The predicted molar refractivity (Wildman–Crippen MR) is 115 cm³/mol. The molecular weight excluding hydrogens is 351 g/mol. The summed E-state index contributed by atoms with van der Waals surface area (Å²) in [7, 11) is -2.51. The fourth-order valence-electron chi connectivity index (χ4n) is 3.24. The summed E-state index contributed by atoms with van der Waals surface area (Å²) < 4.78 is 6.42. The third-order valence-corrected chi connectivity index (χ3v) is 8.14. The molecule has 0 fully saturated rings. The van der Waals surface area contributed by atoms with Crippen LogP contribution < -0.4 is 15.9 Å². The van der Waals surface area contributed by atoms with Crippen molar-refractivity contribution in [3.63, 3.8) is 0 Å². The Kier molecular flexibility index (Phi) is 6.79. The van der Waals surface area contributed by atoms with Crippen LogP contribution in [0.5, 0.6) is 0 Å². The highest BCUT2D eigenvalue weighted by molar-refractivity contribution is 7.92. The van der Waals surface area contributed by atoms with E-state index in [1.807, 2.05) is 54.6 Å². The maximum absolute atomic E-state index is 12.9. The SMILES string of the molecule is CCCCCC(=O)O[P+](c1ccccc1)(c1ccccc1)c1ccccc1. The van der Waals surface area contributed by atoms with Crippen LogP contribution in [0.15, 0.2) is 91.0 Å². The van der Waals surface area contributed by atoms with Crippen LogP contribution in [0.2, 0.25) is 0 Å². The van der Waals surface area contributed by atoms with Gasteiger partial charge in [0.2, 0.25) is 0 Å². The number of hydrogen-bond acceptors (Lipinski definition) is 2. The molecule has 0 heterocycles. The first-order valence-corrected chi connectivity index (χ1v) is 11.3. The second-order valence-electron chi connectivity index (χ2n) is 6.54. The van der Waals surface area contributed by atoms with Gasteiger partial charge < -0.3 is 0 Å². The number of carbonyl (C=O) groups excluding carboxylic acids is 1. The van der Waals surface area contributed by atoms with Crippen LogP contribution in [0.25, 0.3) is 0 Å². The van der Waals surface area contributed by atoms with Crippen LogP contribution in [0.1, 0.15) is 32.6 Å². The van der Waals surface area contributed by atoms with Gasteiger partial charge >= 0.3 is 5.97 Å². The van der Waals surface area contributed by atoms with Crippen molar-refractivity contribution in [2.45, 2.75) is 32.6 Å². The molecule has 3 rings (SSSR count). The number of rotatable bonds is 8. The van der Waals surface area contributed by atoms with Crippen LogP contribution in [0.3, 0.4) is 0 Å². The molecule has 0 bridgehead atoms. The van der Waals surface area contributed by atoms with Crippen molar-refractivity contribution in [3.05, 3.63) is 91.0 Å². The molecule has 0 radical (unpaired) electrons. The molecule has 27 heavy (non-hydrogen) atoms. The molecule has 0 spiro atoms. The highest BCUT2D eigenvalue weighted by Crippen LogP contribution is 2.56. The minimum Gasteiger partial charge on any atom is -0.297 e. The van der Waals surface area contributed by atoms with E-state index in [-0.39, 0.29) is 5.97 Å². The Morgan fingerprint density at radius 3 is 1.48 bits per heavy atom. The van der Waals surface area contributed by atoms with E-state index in [4.69, 9.17) is 4.52 Å². The lowest BCUT2D eigenvalue weighted by Gasteiger charge is -2.25. The monoisotopic (exact) mass is 377 g/mol. The van der Waals surface area contributed by atoms with E-state index in [1.54, 1.807) is 0 Å². The fraction of sp³-hybridized carbons (Fsp3) is 0.208. The normalized spacial score (nSPS) is 11.1. The van der Waals surface area contributed by atoms with E-state index < -0.39 is 7.49 Å². The topological polar surface area (TPSA) is 26.3 Å². The van der Waals surface area contributed by atoms with Crippen molar-refractivity contribution in [1.82, 2.24) is 0 Å². The summed E-state index contributed by atoms with van der Waals surface area (Å²) in [6, 6.07) is 30.5. The molecule has 3 aromatic rings. The van der Waals surface area contributed by atoms with E-state index in [1.165, 1.54) is 0 Å². The number of hydrogen-bond donors (Lipinski definition) is 0. The zero-order chi connectivity index (χ0) is 19.0. The molecule has 3 heteroatoms. The van der Waals surface area contributed by atoms with Crippen molar-refractivity contribution in [2.75, 3.05) is 0 Å². The Balaban J connectivity index is 2.12. The Bertz CT molecular complexity index is 735. The van der Waals surface area contributed by atoms with Crippen LogP contribution in [-0.2, 0) is 9.32 Å². The molecule has 0 N–H and O–H groups in total. The van der Waals surface area contributed by atoms with Gasteiger partial charge in [-0.25, -0.2) is 4.79 Å². The lowest BCUT2D eigenvalue weighted by atomic mass is 10.2. The fourth-order valence-corrected chi connectivity index (χ4v) is 6.62. The van der Waals surface area contributed by atoms with Crippen LogP contribution >= 0.6 is 7.49 Å². The van der Waals surface area contributed by atoms with Gasteiger partial charge in [-0.15, -0.1) is 0 Å². The molecule has 0 saturated heterocycles. The van der Waals surface area contributed by atoms with Crippen LogP contribution in [0, 0.1) is 0 Å². The highest BCUT2D eigenvalue weighted by atomic mass is 31.2. The minimum atomic E-state index is -2.51. The lowest BCUT2D eigenvalue weighted by Crippen LogP contribution is -2.34. The summed E-state index contributed by atoms with van der Waals surface area (Å²) in [5, 5.41) is 3.18. The Hall–Kier alpha value is -2.44. The molecule has 0 aliphatic heterocycles. The molecule has 2 nitrogen and oxygen atoms in total. The van der Waals surface area contributed by atoms with E-state index in [2.05, 4.69) is 43.3 Å². The van der Waals surface area contributed by atoms with Crippen molar-refractivity contribution in [1.29, 1.82) is 0 Å². The quantitative estimate of drug-likeness (QED) is 0.407. The van der Waals surface area contributed by atoms with Gasteiger partial charge in [-0.05, 0) is 42.8 Å². The first-order chi connectivity index (χ1) is 13.3. The van der Waals surface area contributed by atoms with E-state index in [9.17, 15) is 4.79 Å². The van der Waals surface area contributed by atoms with Gasteiger partial charge in [0, 0.05) is 0 Å². The van der Waals surface area contributed by atoms with Crippen molar-refractivity contribution >= 4 is 29.4 Å². The maximum Gasteiger partial charge on any atom is 0.351 e. The average Bonchev–Trinajstić information content (AvgIpc) is 2.74. The number of unbranched alkanes of at least 4 members (excludes halogenated alkanes) is 2. The van der Waals surface area contributed by atoms with Gasteiger partial charge in [-0.1, -0.05) is 74.4 Å². The first kappa shape index (κ1) is 19.3. The Labute approximate surface area is 162 Å². The van der Waals surface area contributed by atoms with E-state index in [0.717, 1.165) is 35.2 Å². The zero-order valence-electron chi connectivity index (χ0n) is 15.8. The third kappa shape index (κ3) is 4.46. The molecule has 0 atom stereocenters. The van der Waals surface area contributed by atoms with Crippen molar-refractivity contribution < 1.29 is 9.32 Å². The molecule has 0 amide bonds. The molecule has 0 aromatic heterocycles. The Morgan fingerprint density at radius 1 is 0.704 bits per heavy atom. The van der Waals surface area contributed by atoms with Crippen molar-refractivity contribution in [3.8, 4) is 0 Å². The molecule has 138 valence electrons. The van der Waals surface area contributed by atoms with Crippen LogP contribution in [-0.4, -0.2) is 5.97 Å². The standard InChI is InChI=1S/C24H26O2P/c1-2-3-7-20-24(25)26-27(21-14-8-4-9-15-21,22-16-10-5-11-17-22)23-18-12-6-13-19-23/h4-6,8-19H,2-3,7,20H2,1H3/q+1. The predicted octanol–water partition coefficient (Wildman–Crippen LogP) is 5.02. The minimum absolute atomic E-state index is 0.117. The molecule has 0 saturated carbocycles. The molecule has 0 unspecified atom stereocenters. The first-order valence-electron chi connectivity index (χ1n) is 9.55. The lowest BCUT2D eigenvalue weighted by molar-refractivity contribution is -0.133.